The van der Waals surface area contributed by atoms with Crippen molar-refractivity contribution in [2.75, 3.05) is 68.0 Å². The molecule has 0 radical (unpaired) electrons. The smallest absolute Gasteiger partial charge is 0.379 e. The number of likely N-dealkylation sites (tertiary alicyclic amines) is 1. The number of pyridine rings is 1. The second-order valence-electron chi connectivity index (χ2n) is 14.4. The SMILES string of the molecule is C=CCS(=O)(=O)N1CCN(c2cc(C3(Cc4nncn4C)COC3)cc(N3Cc4c(cc(CN5CCC[C@H](C)C5)cc4C(F)(F)F)C3=O)n2)CC1. The van der Waals surface area contributed by atoms with Gasteiger partial charge in [0.25, 0.3) is 5.91 Å². The van der Waals surface area contributed by atoms with Crippen molar-refractivity contribution in [2.24, 2.45) is 13.0 Å². The fraction of sp³-hybridized carbons (Fsp3) is 0.543. The monoisotopic (exact) mass is 728 g/mol. The standard InChI is InChI=1S/C35H43F3N8O4S/c1-4-12-51(48,49)45-10-8-44(9-11-45)30-15-26(34(21-50-22-34)17-32-41-39-23-42(32)3)16-31(40-30)46-20-28-27(33(46)47)13-25(14-29(28)35(36,37)38)19-43-7-5-6-24(2)18-43/h4,13-16,23-24H,1,5-12,17-22H2,2-3H3/t24-/m0/s1. The Labute approximate surface area is 295 Å². The summed E-state index contributed by atoms with van der Waals surface area (Å²) in [4.78, 5) is 24.5. The van der Waals surface area contributed by atoms with Gasteiger partial charge in [0.05, 0.1) is 31.1 Å². The van der Waals surface area contributed by atoms with Crippen molar-refractivity contribution < 1.29 is 31.1 Å². The highest BCUT2D eigenvalue weighted by Gasteiger charge is 2.45. The number of piperazine rings is 1. The quantitative estimate of drug-likeness (QED) is 0.288. The van der Waals surface area contributed by atoms with E-state index in [-0.39, 0.29) is 42.3 Å². The van der Waals surface area contributed by atoms with Gasteiger partial charge in [-0.3, -0.25) is 14.6 Å². The lowest BCUT2D eigenvalue weighted by Crippen LogP contribution is -2.50. The maximum Gasteiger partial charge on any atom is 0.416 e. The summed E-state index contributed by atoms with van der Waals surface area (Å²) in [5.74, 6) is 1.23. The van der Waals surface area contributed by atoms with Gasteiger partial charge in [0.15, 0.2) is 0 Å². The average molecular weight is 729 g/mol. The number of benzene rings is 1. The summed E-state index contributed by atoms with van der Waals surface area (Å²) >= 11 is 0. The third kappa shape index (κ3) is 7.02. The number of fused-ring (bicyclic) bond motifs is 1. The zero-order chi connectivity index (χ0) is 36.1. The first-order valence-corrected chi connectivity index (χ1v) is 18.9. The molecule has 1 atom stereocenters. The maximum absolute atomic E-state index is 14.6. The van der Waals surface area contributed by atoms with Gasteiger partial charge in [0.2, 0.25) is 10.0 Å². The molecule has 7 rings (SSSR count). The Bertz CT molecular complexity index is 1920. The number of nitrogens with zero attached hydrogens (tertiary/aromatic N) is 8. The zero-order valence-electron chi connectivity index (χ0n) is 28.9. The van der Waals surface area contributed by atoms with Crippen LogP contribution in [0.5, 0.6) is 0 Å². The summed E-state index contributed by atoms with van der Waals surface area (Å²) in [6, 6.07) is 6.52. The average Bonchev–Trinajstić information content (AvgIpc) is 3.63. The van der Waals surface area contributed by atoms with Crippen LogP contribution < -0.4 is 9.80 Å². The van der Waals surface area contributed by atoms with Crippen LogP contribution in [0.15, 0.2) is 43.2 Å². The lowest BCUT2D eigenvalue weighted by Gasteiger charge is -2.42. The number of rotatable bonds is 10. The fourth-order valence-electron chi connectivity index (χ4n) is 7.73. The van der Waals surface area contributed by atoms with Crippen molar-refractivity contribution in [3.63, 3.8) is 0 Å². The summed E-state index contributed by atoms with van der Waals surface area (Å²) in [5, 5.41) is 8.30. The minimum absolute atomic E-state index is 0.0421. The molecule has 2 aromatic heterocycles. The highest BCUT2D eigenvalue weighted by atomic mass is 32.2. The van der Waals surface area contributed by atoms with E-state index < -0.39 is 33.1 Å². The summed E-state index contributed by atoms with van der Waals surface area (Å²) in [5.41, 5.74) is -0.0903. The van der Waals surface area contributed by atoms with Crippen molar-refractivity contribution >= 4 is 27.6 Å². The molecule has 4 aliphatic heterocycles. The van der Waals surface area contributed by atoms with Gasteiger partial charge in [-0.25, -0.2) is 13.4 Å². The molecule has 0 aliphatic carbocycles. The third-order valence-electron chi connectivity index (χ3n) is 10.6. The van der Waals surface area contributed by atoms with Crippen LogP contribution in [-0.4, -0.2) is 102 Å². The van der Waals surface area contributed by atoms with E-state index in [4.69, 9.17) is 9.72 Å². The van der Waals surface area contributed by atoms with Gasteiger partial charge in [-0.05, 0) is 66.3 Å². The molecule has 0 bridgehead atoms. The Hall–Kier alpha value is -3.86. The van der Waals surface area contributed by atoms with E-state index in [2.05, 4.69) is 28.6 Å². The molecule has 3 aromatic rings. The molecule has 3 saturated heterocycles. The number of piperidine rings is 1. The first-order chi connectivity index (χ1) is 24.3. The molecule has 1 amide bonds. The fourth-order valence-corrected chi connectivity index (χ4v) is 8.96. The molecule has 0 spiro atoms. The first-order valence-electron chi connectivity index (χ1n) is 17.3. The van der Waals surface area contributed by atoms with E-state index in [1.54, 1.807) is 18.5 Å². The molecule has 1 aromatic carbocycles. The minimum atomic E-state index is -4.65. The Morgan fingerprint density at radius 2 is 1.82 bits per heavy atom. The molecule has 12 nitrogen and oxygen atoms in total. The molecule has 16 heteroatoms. The number of alkyl halides is 3. The van der Waals surface area contributed by atoms with Crippen LogP contribution in [0.4, 0.5) is 24.8 Å². The van der Waals surface area contributed by atoms with Crippen molar-refractivity contribution in [3.8, 4) is 0 Å². The van der Waals surface area contributed by atoms with Crippen LogP contribution in [0.1, 0.15) is 58.2 Å². The van der Waals surface area contributed by atoms with Crippen LogP contribution in [0.25, 0.3) is 0 Å². The van der Waals surface area contributed by atoms with E-state index in [1.165, 1.54) is 21.3 Å². The number of carbonyl (C=O) groups excluding carboxylic acids is 1. The minimum Gasteiger partial charge on any atom is -0.379 e. The third-order valence-corrected chi connectivity index (χ3v) is 12.4. The number of hydrogen-bond acceptors (Lipinski definition) is 9. The number of aromatic nitrogens is 4. The van der Waals surface area contributed by atoms with E-state index >= 15 is 0 Å². The molecule has 0 unspecified atom stereocenters. The topological polar surface area (TPSA) is 117 Å². The van der Waals surface area contributed by atoms with Gasteiger partial charge in [0, 0.05) is 63.7 Å². The number of sulfonamides is 1. The summed E-state index contributed by atoms with van der Waals surface area (Å²) in [7, 11) is -1.65. The van der Waals surface area contributed by atoms with Crippen LogP contribution in [0.3, 0.4) is 0 Å². The van der Waals surface area contributed by atoms with Crippen LogP contribution >= 0.6 is 0 Å². The number of ether oxygens (including phenoxy) is 1. The van der Waals surface area contributed by atoms with Crippen molar-refractivity contribution in [2.45, 2.75) is 50.9 Å². The number of hydrogen-bond donors (Lipinski definition) is 0. The lowest BCUT2D eigenvalue weighted by molar-refractivity contribution is -0.138. The second-order valence-corrected chi connectivity index (χ2v) is 16.4. The van der Waals surface area contributed by atoms with Crippen LogP contribution in [-0.2, 0) is 52.9 Å². The van der Waals surface area contributed by atoms with Crippen LogP contribution in [0, 0.1) is 5.92 Å². The molecule has 0 N–H and O–H groups in total. The van der Waals surface area contributed by atoms with Crippen molar-refractivity contribution in [1.82, 2.24) is 29.0 Å². The molecule has 51 heavy (non-hydrogen) atoms. The summed E-state index contributed by atoms with van der Waals surface area (Å²) in [6.45, 7) is 9.22. The predicted molar refractivity (Wildman–Crippen MR) is 185 cm³/mol. The van der Waals surface area contributed by atoms with E-state index in [0.717, 1.165) is 37.3 Å². The van der Waals surface area contributed by atoms with Gasteiger partial charge in [-0.1, -0.05) is 13.0 Å². The normalized spacial score (nSPS) is 21.5. The Morgan fingerprint density at radius 3 is 2.45 bits per heavy atom. The molecule has 3 fully saturated rings. The Kier molecular flexibility index (Phi) is 9.48. The zero-order valence-corrected chi connectivity index (χ0v) is 29.7. The number of carbonyl (C=O) groups is 1. The number of amides is 1. The maximum atomic E-state index is 14.6. The molecule has 4 aliphatic rings. The van der Waals surface area contributed by atoms with Gasteiger partial charge in [-0.2, -0.15) is 17.5 Å². The molecular formula is C35H43F3N8O4S. The van der Waals surface area contributed by atoms with E-state index in [9.17, 15) is 26.4 Å². The number of aryl methyl sites for hydroxylation is 1. The number of halogens is 3. The largest absolute Gasteiger partial charge is 0.416 e. The van der Waals surface area contributed by atoms with E-state index in [0.29, 0.717) is 56.6 Å². The number of anilines is 2. The summed E-state index contributed by atoms with van der Waals surface area (Å²) < 4.78 is 78.3. The second kappa shape index (κ2) is 13.6. The Morgan fingerprint density at radius 1 is 1.08 bits per heavy atom. The highest BCUT2D eigenvalue weighted by molar-refractivity contribution is 7.89. The van der Waals surface area contributed by atoms with Crippen molar-refractivity contribution in [3.05, 3.63) is 76.9 Å². The Balaban J connectivity index is 1.25. The van der Waals surface area contributed by atoms with Crippen molar-refractivity contribution in [1.29, 1.82) is 0 Å². The molecule has 6 heterocycles. The van der Waals surface area contributed by atoms with E-state index in [1.807, 2.05) is 22.6 Å². The van der Waals surface area contributed by atoms with Crippen LogP contribution in [0.2, 0.25) is 0 Å². The van der Waals surface area contributed by atoms with Gasteiger partial charge < -0.3 is 14.2 Å². The molecular weight excluding hydrogens is 685 g/mol. The van der Waals surface area contributed by atoms with Gasteiger partial charge in [0.1, 0.15) is 23.8 Å². The highest BCUT2D eigenvalue weighted by Crippen LogP contribution is 2.42. The van der Waals surface area contributed by atoms with Gasteiger partial charge >= 0.3 is 6.18 Å². The summed E-state index contributed by atoms with van der Waals surface area (Å²) in [6.07, 6.45) is 0.878. The predicted octanol–water partition coefficient (Wildman–Crippen LogP) is 3.77. The first kappa shape index (κ1) is 35.5. The molecule has 274 valence electrons. The van der Waals surface area contributed by atoms with Gasteiger partial charge in [-0.15, -0.1) is 16.8 Å². The lowest BCUT2D eigenvalue weighted by atomic mass is 9.75. The molecule has 0 saturated carbocycles.